The predicted molar refractivity (Wildman–Crippen MR) is 131 cm³/mol. The van der Waals surface area contributed by atoms with Crippen LogP contribution in [0, 0.1) is 12.8 Å². The molecule has 3 rings (SSSR count). The molecule has 1 fully saturated rings. The van der Waals surface area contributed by atoms with E-state index >= 15 is 0 Å². The topological polar surface area (TPSA) is 72.7 Å². The van der Waals surface area contributed by atoms with Crippen molar-refractivity contribution in [2.24, 2.45) is 18.0 Å². The Morgan fingerprint density at radius 3 is 2.93 bits per heavy atom. The third-order valence-corrected chi connectivity index (χ3v) is 5.08. The maximum absolute atomic E-state index is 6.13. The molecule has 1 aromatic heterocycles. The highest BCUT2D eigenvalue weighted by molar-refractivity contribution is 14.0. The van der Waals surface area contributed by atoms with Crippen LogP contribution in [0.25, 0.3) is 0 Å². The molecule has 0 radical (unpaired) electrons. The number of nitrogens with one attached hydrogen (secondary N) is 2. The lowest BCUT2D eigenvalue weighted by molar-refractivity contribution is 0.166. The molecule has 0 spiro atoms. The minimum atomic E-state index is 0. The third-order valence-electron chi connectivity index (χ3n) is 5.08. The molecule has 1 saturated heterocycles. The Morgan fingerprint density at radius 1 is 1.37 bits per heavy atom. The lowest BCUT2D eigenvalue weighted by Crippen LogP contribution is -2.37. The van der Waals surface area contributed by atoms with Gasteiger partial charge >= 0.3 is 0 Å². The van der Waals surface area contributed by atoms with Gasteiger partial charge in [-0.1, -0.05) is 12.1 Å². The fourth-order valence-corrected chi connectivity index (χ4v) is 3.36. The van der Waals surface area contributed by atoms with Gasteiger partial charge in [-0.05, 0) is 43.4 Å². The second-order valence-electron chi connectivity index (χ2n) is 7.63. The van der Waals surface area contributed by atoms with Gasteiger partial charge in [-0.25, -0.2) is 0 Å². The molecule has 0 bridgehead atoms. The number of rotatable bonds is 9. The smallest absolute Gasteiger partial charge is 0.191 e. The Balaban J connectivity index is 0.00000320. The van der Waals surface area contributed by atoms with E-state index in [4.69, 9.17) is 9.47 Å². The average Bonchev–Trinajstić information content (AvgIpc) is 3.38. The van der Waals surface area contributed by atoms with Crippen LogP contribution in [0.5, 0.6) is 5.75 Å². The van der Waals surface area contributed by atoms with Gasteiger partial charge in [0, 0.05) is 51.5 Å². The first-order chi connectivity index (χ1) is 14.1. The maximum atomic E-state index is 6.13. The Hall–Kier alpha value is -1.81. The number of aromatic nitrogens is 2. The number of benzene rings is 1. The summed E-state index contributed by atoms with van der Waals surface area (Å²) in [7, 11) is 3.74. The van der Waals surface area contributed by atoms with E-state index in [9.17, 15) is 0 Å². The van der Waals surface area contributed by atoms with Gasteiger partial charge in [0.25, 0.3) is 0 Å². The number of ether oxygens (including phenoxy) is 2. The van der Waals surface area contributed by atoms with E-state index in [1.807, 2.05) is 17.9 Å². The zero-order chi connectivity index (χ0) is 20.5. The van der Waals surface area contributed by atoms with Crippen LogP contribution in [0.2, 0.25) is 0 Å². The summed E-state index contributed by atoms with van der Waals surface area (Å²) < 4.78 is 13.4. The number of hydrogen-bond acceptors (Lipinski definition) is 4. The van der Waals surface area contributed by atoms with Gasteiger partial charge in [-0.15, -0.1) is 24.0 Å². The zero-order valence-electron chi connectivity index (χ0n) is 18.2. The highest BCUT2D eigenvalue weighted by Gasteiger charge is 2.17. The monoisotopic (exact) mass is 527 g/mol. The highest BCUT2D eigenvalue weighted by Crippen LogP contribution is 2.22. The summed E-state index contributed by atoms with van der Waals surface area (Å²) in [6.07, 6.45) is 7.08. The number of nitrogens with zero attached hydrogens (tertiary/aromatic N) is 3. The highest BCUT2D eigenvalue weighted by atomic mass is 127. The molecular weight excluding hydrogens is 493 g/mol. The molecule has 0 aliphatic carbocycles. The summed E-state index contributed by atoms with van der Waals surface area (Å²) in [5.41, 5.74) is 3.59. The number of guanidine groups is 1. The number of aryl methyl sites for hydroxylation is 3. The molecule has 1 aliphatic heterocycles. The van der Waals surface area contributed by atoms with Crippen molar-refractivity contribution in [2.45, 2.75) is 32.7 Å². The Labute approximate surface area is 196 Å². The van der Waals surface area contributed by atoms with Crippen molar-refractivity contribution in [1.29, 1.82) is 0 Å². The zero-order valence-corrected chi connectivity index (χ0v) is 20.5. The summed E-state index contributed by atoms with van der Waals surface area (Å²) in [5.74, 6) is 2.23. The van der Waals surface area contributed by atoms with Gasteiger partial charge < -0.3 is 20.1 Å². The van der Waals surface area contributed by atoms with E-state index in [0.717, 1.165) is 56.3 Å². The van der Waals surface area contributed by atoms with E-state index in [-0.39, 0.29) is 24.0 Å². The second-order valence-corrected chi connectivity index (χ2v) is 7.63. The molecule has 2 aromatic rings. The van der Waals surface area contributed by atoms with Crippen LogP contribution in [-0.4, -0.2) is 49.2 Å². The van der Waals surface area contributed by atoms with Crippen molar-refractivity contribution >= 4 is 29.9 Å². The van der Waals surface area contributed by atoms with Crippen molar-refractivity contribution in [2.75, 3.05) is 33.4 Å². The molecule has 2 N–H and O–H groups in total. The number of halogens is 1. The summed E-state index contributed by atoms with van der Waals surface area (Å²) in [5, 5.41) is 11.0. The van der Waals surface area contributed by atoms with Crippen LogP contribution in [0.4, 0.5) is 0 Å². The minimum absolute atomic E-state index is 0. The summed E-state index contributed by atoms with van der Waals surface area (Å²) >= 11 is 0. The second kappa shape index (κ2) is 12.8. The quantitative estimate of drug-likeness (QED) is 0.227. The standard InChI is InChI=1S/C22H33N5O2.HI/c1-17-6-7-20(21(11-17)29-16-19-8-10-28-15-19)13-25-22(23-2)24-9-4-5-18-12-26-27(3)14-18;/h6-7,11-12,14,19H,4-5,8-10,13,15-16H2,1-3H3,(H2,23,24,25);1H. The predicted octanol–water partition coefficient (Wildman–Crippen LogP) is 3.06. The van der Waals surface area contributed by atoms with Crippen LogP contribution < -0.4 is 15.4 Å². The first-order valence-electron chi connectivity index (χ1n) is 10.4. The van der Waals surface area contributed by atoms with E-state index < -0.39 is 0 Å². The molecule has 1 aliphatic rings. The Morgan fingerprint density at radius 2 is 2.23 bits per heavy atom. The first kappa shape index (κ1) is 24.5. The van der Waals surface area contributed by atoms with Crippen LogP contribution in [-0.2, 0) is 24.8 Å². The number of hydrogen-bond donors (Lipinski definition) is 2. The van der Waals surface area contributed by atoms with Crippen LogP contribution in [0.1, 0.15) is 29.5 Å². The van der Waals surface area contributed by atoms with Crippen molar-refractivity contribution in [1.82, 2.24) is 20.4 Å². The first-order valence-corrected chi connectivity index (χ1v) is 10.4. The third kappa shape index (κ3) is 7.79. The van der Waals surface area contributed by atoms with Gasteiger partial charge in [0.05, 0.1) is 19.4 Å². The normalized spacial score (nSPS) is 16.2. The number of aliphatic imine (C=N–C) groups is 1. The van der Waals surface area contributed by atoms with Crippen molar-refractivity contribution in [3.05, 3.63) is 47.3 Å². The van der Waals surface area contributed by atoms with Crippen LogP contribution in [0.15, 0.2) is 35.6 Å². The van der Waals surface area contributed by atoms with E-state index in [2.05, 4.69) is 52.0 Å². The molecule has 1 atom stereocenters. The van der Waals surface area contributed by atoms with Gasteiger partial charge in [0.1, 0.15) is 5.75 Å². The van der Waals surface area contributed by atoms with Gasteiger partial charge in [0.2, 0.25) is 0 Å². The van der Waals surface area contributed by atoms with Crippen molar-refractivity contribution < 1.29 is 9.47 Å². The average molecular weight is 527 g/mol. The lowest BCUT2D eigenvalue weighted by Gasteiger charge is -2.17. The molecule has 166 valence electrons. The molecular formula is C22H34IN5O2. The minimum Gasteiger partial charge on any atom is -0.493 e. The molecule has 7 nitrogen and oxygen atoms in total. The van der Waals surface area contributed by atoms with E-state index in [0.29, 0.717) is 19.1 Å². The fraction of sp³-hybridized carbons (Fsp3) is 0.545. The Kier molecular flexibility index (Phi) is 10.4. The summed E-state index contributed by atoms with van der Waals surface area (Å²) in [6.45, 7) is 5.96. The van der Waals surface area contributed by atoms with Gasteiger partial charge in [0.15, 0.2) is 5.96 Å². The fourth-order valence-electron chi connectivity index (χ4n) is 3.36. The van der Waals surface area contributed by atoms with E-state index in [1.165, 1.54) is 11.1 Å². The maximum Gasteiger partial charge on any atom is 0.191 e. The van der Waals surface area contributed by atoms with Gasteiger partial charge in [-0.2, -0.15) is 5.10 Å². The summed E-state index contributed by atoms with van der Waals surface area (Å²) in [4.78, 5) is 4.33. The van der Waals surface area contributed by atoms with Gasteiger partial charge in [-0.3, -0.25) is 9.67 Å². The van der Waals surface area contributed by atoms with Crippen LogP contribution >= 0.6 is 24.0 Å². The lowest BCUT2D eigenvalue weighted by atomic mass is 10.1. The molecule has 1 aromatic carbocycles. The van der Waals surface area contributed by atoms with Crippen LogP contribution in [0.3, 0.4) is 0 Å². The summed E-state index contributed by atoms with van der Waals surface area (Å²) in [6, 6.07) is 6.35. The molecule has 2 heterocycles. The van der Waals surface area contributed by atoms with Crippen molar-refractivity contribution in [3.63, 3.8) is 0 Å². The Bertz CT molecular complexity index is 803. The molecule has 0 saturated carbocycles. The SMILES string of the molecule is CN=C(NCCCc1cnn(C)c1)NCc1ccc(C)cc1OCC1CCOC1.I. The largest absolute Gasteiger partial charge is 0.493 e. The molecule has 0 amide bonds. The molecule has 1 unspecified atom stereocenters. The van der Waals surface area contributed by atoms with Crippen molar-refractivity contribution in [3.8, 4) is 5.75 Å². The van der Waals surface area contributed by atoms with E-state index in [1.54, 1.807) is 7.05 Å². The molecule has 30 heavy (non-hydrogen) atoms. The molecule has 8 heteroatoms.